The topological polar surface area (TPSA) is 42.1 Å². The highest BCUT2D eigenvalue weighted by molar-refractivity contribution is 7.17. The molecule has 0 fully saturated rings. The Kier molecular flexibility index (Phi) is 3.97. The number of nitrogens with two attached hydrogens (primary N) is 1. The van der Waals surface area contributed by atoms with Crippen LogP contribution in [0.2, 0.25) is 0 Å². The molecule has 0 aromatic carbocycles. The number of aromatic nitrogens is 1. The smallest absolute Gasteiger partial charge is 0.137 e. The van der Waals surface area contributed by atoms with Gasteiger partial charge in [0.1, 0.15) is 5.82 Å². The van der Waals surface area contributed by atoms with Crippen LogP contribution in [-0.4, -0.2) is 24.6 Å². The molecule has 0 aliphatic rings. The second-order valence-corrected chi connectivity index (χ2v) is 5.54. The third-order valence-corrected chi connectivity index (χ3v) is 3.52. The molecule has 2 N–H and O–H groups in total. The Morgan fingerprint density at radius 1 is 1.41 bits per heavy atom. The number of anilines is 1. The molecule has 4 heteroatoms. The number of thiophene rings is 1. The first-order chi connectivity index (χ1) is 8.22. The average molecular weight is 249 g/mol. The standard InChI is InChI=1S/C13H19N3S/c1-10(2)9-16(7-5-14)13-11-4-8-17-12(11)3-6-15-13/h3-4,6,8,10H,5,7,9,14H2,1-2H3. The molecule has 0 amide bonds. The third kappa shape index (κ3) is 2.76. The lowest BCUT2D eigenvalue weighted by atomic mass is 10.2. The Balaban J connectivity index is 2.36. The summed E-state index contributed by atoms with van der Waals surface area (Å²) in [5, 5.41) is 3.36. The predicted octanol–water partition coefficient (Wildman–Crippen LogP) is 2.72. The summed E-state index contributed by atoms with van der Waals surface area (Å²) in [5.41, 5.74) is 5.70. The summed E-state index contributed by atoms with van der Waals surface area (Å²) in [6, 6.07) is 4.21. The Hall–Kier alpha value is -1.13. The molecule has 92 valence electrons. The fourth-order valence-corrected chi connectivity index (χ4v) is 2.79. The monoisotopic (exact) mass is 249 g/mol. The maximum Gasteiger partial charge on any atom is 0.137 e. The van der Waals surface area contributed by atoms with E-state index in [1.807, 2.05) is 6.20 Å². The second-order valence-electron chi connectivity index (χ2n) is 4.60. The maximum absolute atomic E-state index is 5.70. The number of hydrogen-bond acceptors (Lipinski definition) is 4. The lowest BCUT2D eigenvalue weighted by Gasteiger charge is -2.25. The molecule has 2 rings (SSSR count). The summed E-state index contributed by atoms with van der Waals surface area (Å²) in [6.45, 7) is 6.96. The van der Waals surface area contributed by atoms with Gasteiger partial charge in [-0.25, -0.2) is 4.98 Å². The molecular formula is C13H19N3S. The van der Waals surface area contributed by atoms with Gasteiger partial charge in [-0.05, 0) is 23.4 Å². The number of nitrogens with zero attached hydrogens (tertiary/aromatic N) is 2. The van der Waals surface area contributed by atoms with E-state index >= 15 is 0 Å². The molecule has 0 atom stereocenters. The maximum atomic E-state index is 5.70. The van der Waals surface area contributed by atoms with Gasteiger partial charge in [0.25, 0.3) is 0 Å². The van der Waals surface area contributed by atoms with Crippen LogP contribution in [0.5, 0.6) is 0 Å². The highest BCUT2D eigenvalue weighted by Gasteiger charge is 2.12. The molecule has 3 nitrogen and oxygen atoms in total. The zero-order chi connectivity index (χ0) is 12.3. The van der Waals surface area contributed by atoms with Gasteiger partial charge in [-0.1, -0.05) is 13.8 Å². The van der Waals surface area contributed by atoms with E-state index in [0.717, 1.165) is 18.9 Å². The van der Waals surface area contributed by atoms with Crippen LogP contribution in [0.3, 0.4) is 0 Å². The zero-order valence-electron chi connectivity index (χ0n) is 10.4. The largest absolute Gasteiger partial charge is 0.355 e. The van der Waals surface area contributed by atoms with E-state index in [2.05, 4.69) is 41.2 Å². The van der Waals surface area contributed by atoms with Crippen molar-refractivity contribution < 1.29 is 0 Å². The van der Waals surface area contributed by atoms with Crippen molar-refractivity contribution in [2.75, 3.05) is 24.5 Å². The van der Waals surface area contributed by atoms with Crippen molar-refractivity contribution in [3.05, 3.63) is 23.7 Å². The van der Waals surface area contributed by atoms with Crippen LogP contribution in [0.25, 0.3) is 10.1 Å². The first kappa shape index (κ1) is 12.3. The van der Waals surface area contributed by atoms with E-state index in [-0.39, 0.29) is 0 Å². The number of hydrogen-bond donors (Lipinski definition) is 1. The van der Waals surface area contributed by atoms with Crippen molar-refractivity contribution >= 4 is 27.2 Å². The van der Waals surface area contributed by atoms with Crippen molar-refractivity contribution in [1.82, 2.24) is 4.98 Å². The van der Waals surface area contributed by atoms with Gasteiger partial charge in [0.15, 0.2) is 0 Å². The molecule has 2 heterocycles. The summed E-state index contributed by atoms with van der Waals surface area (Å²) in [4.78, 5) is 6.82. The van der Waals surface area contributed by atoms with Crippen LogP contribution in [0.1, 0.15) is 13.8 Å². The van der Waals surface area contributed by atoms with Crippen molar-refractivity contribution in [1.29, 1.82) is 0 Å². The molecule has 17 heavy (non-hydrogen) atoms. The van der Waals surface area contributed by atoms with Gasteiger partial charge in [-0.2, -0.15) is 0 Å². The molecule has 0 spiro atoms. The van der Waals surface area contributed by atoms with Crippen LogP contribution in [-0.2, 0) is 0 Å². The van der Waals surface area contributed by atoms with Crippen LogP contribution < -0.4 is 10.6 Å². The Morgan fingerprint density at radius 3 is 2.94 bits per heavy atom. The molecule has 0 saturated carbocycles. The lowest BCUT2D eigenvalue weighted by molar-refractivity contribution is 0.609. The molecule has 0 saturated heterocycles. The van der Waals surface area contributed by atoms with Gasteiger partial charge in [-0.15, -0.1) is 11.3 Å². The molecule has 2 aromatic heterocycles. The molecule has 0 bridgehead atoms. The van der Waals surface area contributed by atoms with E-state index in [9.17, 15) is 0 Å². The van der Waals surface area contributed by atoms with Gasteiger partial charge in [0.05, 0.1) is 0 Å². The fourth-order valence-electron chi connectivity index (χ4n) is 2.01. The summed E-state index contributed by atoms with van der Waals surface area (Å²) in [7, 11) is 0. The van der Waals surface area contributed by atoms with Crippen LogP contribution in [0, 0.1) is 5.92 Å². The highest BCUT2D eigenvalue weighted by atomic mass is 32.1. The summed E-state index contributed by atoms with van der Waals surface area (Å²) < 4.78 is 1.29. The van der Waals surface area contributed by atoms with Gasteiger partial charge in [-0.3, -0.25) is 0 Å². The second kappa shape index (κ2) is 5.47. The van der Waals surface area contributed by atoms with Gasteiger partial charge >= 0.3 is 0 Å². The van der Waals surface area contributed by atoms with E-state index in [1.54, 1.807) is 11.3 Å². The molecule has 0 radical (unpaired) electrons. The van der Waals surface area contributed by atoms with Crippen molar-refractivity contribution in [2.45, 2.75) is 13.8 Å². The van der Waals surface area contributed by atoms with E-state index in [1.165, 1.54) is 10.1 Å². The summed E-state index contributed by atoms with van der Waals surface area (Å²) in [6.07, 6.45) is 1.89. The van der Waals surface area contributed by atoms with Crippen molar-refractivity contribution in [3.63, 3.8) is 0 Å². The minimum absolute atomic E-state index is 0.609. The average Bonchev–Trinajstić information content (AvgIpc) is 2.75. The van der Waals surface area contributed by atoms with Crippen molar-refractivity contribution in [3.8, 4) is 0 Å². The molecule has 0 aliphatic carbocycles. The van der Waals surface area contributed by atoms with E-state index in [4.69, 9.17) is 5.73 Å². The van der Waals surface area contributed by atoms with Crippen LogP contribution in [0.4, 0.5) is 5.82 Å². The quantitative estimate of drug-likeness (QED) is 0.886. The minimum Gasteiger partial charge on any atom is -0.355 e. The minimum atomic E-state index is 0.609. The predicted molar refractivity (Wildman–Crippen MR) is 75.7 cm³/mol. The van der Waals surface area contributed by atoms with Gasteiger partial charge in [0.2, 0.25) is 0 Å². The van der Waals surface area contributed by atoms with Gasteiger partial charge in [0, 0.05) is 35.9 Å². The fraction of sp³-hybridized carbons (Fsp3) is 0.462. The van der Waals surface area contributed by atoms with E-state index in [0.29, 0.717) is 12.5 Å². The molecule has 0 unspecified atom stereocenters. The Bertz CT molecular complexity index is 478. The number of rotatable bonds is 5. The first-order valence-electron chi connectivity index (χ1n) is 5.99. The molecular weight excluding hydrogens is 230 g/mol. The number of pyridine rings is 1. The molecule has 2 aromatic rings. The first-order valence-corrected chi connectivity index (χ1v) is 6.87. The number of fused-ring (bicyclic) bond motifs is 1. The SMILES string of the molecule is CC(C)CN(CCN)c1nccc2sccc12. The van der Waals surface area contributed by atoms with E-state index < -0.39 is 0 Å². The zero-order valence-corrected chi connectivity index (χ0v) is 11.2. The summed E-state index contributed by atoms with van der Waals surface area (Å²) >= 11 is 1.76. The van der Waals surface area contributed by atoms with Crippen molar-refractivity contribution in [2.24, 2.45) is 11.7 Å². The molecule has 0 aliphatic heterocycles. The Labute approximate surface area is 106 Å². The van der Waals surface area contributed by atoms with Gasteiger partial charge < -0.3 is 10.6 Å². The van der Waals surface area contributed by atoms with Crippen LogP contribution >= 0.6 is 11.3 Å². The lowest BCUT2D eigenvalue weighted by Crippen LogP contribution is -2.33. The normalized spacial score (nSPS) is 11.3. The summed E-state index contributed by atoms with van der Waals surface area (Å²) in [5.74, 6) is 1.68. The Morgan fingerprint density at radius 2 is 2.24 bits per heavy atom. The highest BCUT2D eigenvalue weighted by Crippen LogP contribution is 2.28. The third-order valence-electron chi connectivity index (χ3n) is 2.64. The van der Waals surface area contributed by atoms with Crippen LogP contribution in [0.15, 0.2) is 23.7 Å².